The molecule has 1 aromatic heterocycles. The van der Waals surface area contributed by atoms with Crippen LogP contribution >= 0.6 is 23.7 Å². The van der Waals surface area contributed by atoms with Crippen LogP contribution in [0.5, 0.6) is 0 Å². The SMILES string of the molecule is Cl.O=C(Cc1ccc(NS(=O)(=O)c2cccs2)cc1)NC1CCCNC1. The molecule has 0 radical (unpaired) electrons. The fourth-order valence-corrected chi connectivity index (χ4v) is 4.80. The Bertz CT molecular complexity index is 802. The third-order valence-corrected chi connectivity index (χ3v) is 6.77. The first-order valence-corrected chi connectivity index (χ1v) is 10.5. The number of hydrogen-bond acceptors (Lipinski definition) is 5. The highest BCUT2D eigenvalue weighted by atomic mass is 35.5. The van der Waals surface area contributed by atoms with Crippen molar-refractivity contribution in [2.75, 3.05) is 17.8 Å². The van der Waals surface area contributed by atoms with Crippen molar-refractivity contribution < 1.29 is 13.2 Å². The molecule has 1 aliphatic heterocycles. The summed E-state index contributed by atoms with van der Waals surface area (Å²) in [6, 6.07) is 10.3. The minimum atomic E-state index is -3.54. The van der Waals surface area contributed by atoms with Crippen LogP contribution in [0, 0.1) is 0 Å². The molecule has 3 N–H and O–H groups in total. The molecule has 0 spiro atoms. The molecule has 3 rings (SSSR count). The maximum atomic E-state index is 12.2. The molecule has 1 amide bonds. The van der Waals surface area contributed by atoms with Gasteiger partial charge in [-0.15, -0.1) is 23.7 Å². The molecule has 1 aliphatic rings. The molecule has 0 saturated carbocycles. The molecule has 1 unspecified atom stereocenters. The second-order valence-corrected chi connectivity index (χ2v) is 8.88. The lowest BCUT2D eigenvalue weighted by Gasteiger charge is -2.23. The Morgan fingerprint density at radius 1 is 1.23 bits per heavy atom. The van der Waals surface area contributed by atoms with Gasteiger partial charge in [0.2, 0.25) is 5.91 Å². The van der Waals surface area contributed by atoms with E-state index in [4.69, 9.17) is 0 Å². The number of amides is 1. The van der Waals surface area contributed by atoms with Crippen molar-refractivity contribution >= 4 is 45.4 Å². The van der Waals surface area contributed by atoms with E-state index in [1.165, 1.54) is 11.3 Å². The molecule has 0 aliphatic carbocycles. The maximum Gasteiger partial charge on any atom is 0.271 e. The standard InChI is InChI=1S/C17H21N3O3S2.ClH/c21-16(19-15-3-1-9-18-12-15)11-13-5-7-14(8-6-13)20-25(22,23)17-4-2-10-24-17;/h2,4-8,10,15,18,20H,1,3,9,11-12H2,(H,19,21);1H. The number of anilines is 1. The monoisotopic (exact) mass is 415 g/mol. The Balaban J connectivity index is 0.00000243. The summed E-state index contributed by atoms with van der Waals surface area (Å²) in [5.74, 6) is -0.0133. The van der Waals surface area contributed by atoms with Crippen LogP contribution in [-0.2, 0) is 21.2 Å². The predicted molar refractivity (Wildman–Crippen MR) is 107 cm³/mol. The maximum absolute atomic E-state index is 12.2. The summed E-state index contributed by atoms with van der Waals surface area (Å²) < 4.78 is 27.2. The lowest BCUT2D eigenvalue weighted by molar-refractivity contribution is -0.121. The Morgan fingerprint density at radius 3 is 2.62 bits per heavy atom. The van der Waals surface area contributed by atoms with Crippen LogP contribution in [0.1, 0.15) is 18.4 Å². The van der Waals surface area contributed by atoms with Gasteiger partial charge in [-0.25, -0.2) is 8.42 Å². The molecule has 1 saturated heterocycles. The molecule has 2 aromatic rings. The predicted octanol–water partition coefficient (Wildman–Crippen LogP) is 2.38. The Kier molecular flexibility index (Phi) is 7.45. The molecular formula is C17H22ClN3O3S2. The number of piperidine rings is 1. The Labute approximate surface area is 163 Å². The summed E-state index contributed by atoms with van der Waals surface area (Å²) in [6.45, 7) is 1.82. The zero-order chi connectivity index (χ0) is 17.7. The summed E-state index contributed by atoms with van der Waals surface area (Å²) in [5, 5.41) is 8.01. The van der Waals surface area contributed by atoms with Gasteiger partial charge in [-0.2, -0.15) is 0 Å². The van der Waals surface area contributed by atoms with Crippen LogP contribution in [0.15, 0.2) is 46.0 Å². The van der Waals surface area contributed by atoms with Crippen molar-refractivity contribution in [3.8, 4) is 0 Å². The number of thiophene rings is 1. The number of carbonyl (C=O) groups excluding carboxylic acids is 1. The molecule has 0 bridgehead atoms. The van der Waals surface area contributed by atoms with Crippen molar-refractivity contribution in [1.29, 1.82) is 0 Å². The minimum Gasteiger partial charge on any atom is -0.352 e. The minimum absolute atomic E-state index is 0. The van der Waals surface area contributed by atoms with Crippen LogP contribution in [-0.4, -0.2) is 33.5 Å². The van der Waals surface area contributed by atoms with E-state index in [9.17, 15) is 13.2 Å². The van der Waals surface area contributed by atoms with Crippen molar-refractivity contribution in [2.45, 2.75) is 29.5 Å². The van der Waals surface area contributed by atoms with E-state index in [1.54, 1.807) is 41.8 Å². The van der Waals surface area contributed by atoms with E-state index in [-0.39, 0.29) is 35.0 Å². The first-order chi connectivity index (χ1) is 12.0. The normalized spacial score (nSPS) is 17.2. The van der Waals surface area contributed by atoms with Crippen molar-refractivity contribution in [3.63, 3.8) is 0 Å². The molecule has 9 heteroatoms. The quantitative estimate of drug-likeness (QED) is 0.676. The van der Waals surface area contributed by atoms with Gasteiger partial charge in [-0.1, -0.05) is 18.2 Å². The van der Waals surface area contributed by atoms with Gasteiger partial charge in [0.15, 0.2) is 0 Å². The van der Waals surface area contributed by atoms with E-state index >= 15 is 0 Å². The van der Waals surface area contributed by atoms with Crippen molar-refractivity contribution in [1.82, 2.24) is 10.6 Å². The highest BCUT2D eigenvalue weighted by Gasteiger charge is 2.16. The van der Waals surface area contributed by atoms with E-state index in [0.29, 0.717) is 5.69 Å². The van der Waals surface area contributed by atoms with E-state index in [1.807, 2.05) is 0 Å². The molecule has 26 heavy (non-hydrogen) atoms. The molecule has 1 fully saturated rings. The highest BCUT2D eigenvalue weighted by molar-refractivity contribution is 7.94. The molecular weight excluding hydrogens is 394 g/mol. The third kappa shape index (κ3) is 5.70. The highest BCUT2D eigenvalue weighted by Crippen LogP contribution is 2.20. The van der Waals surface area contributed by atoms with Crippen LogP contribution < -0.4 is 15.4 Å². The summed E-state index contributed by atoms with van der Waals surface area (Å²) in [6.07, 6.45) is 2.36. The van der Waals surface area contributed by atoms with Crippen molar-refractivity contribution in [2.24, 2.45) is 0 Å². The second kappa shape index (κ2) is 9.36. The first-order valence-electron chi connectivity index (χ1n) is 8.18. The van der Waals surface area contributed by atoms with Gasteiger partial charge in [0, 0.05) is 18.3 Å². The lowest BCUT2D eigenvalue weighted by atomic mass is 10.1. The number of halogens is 1. The number of nitrogens with one attached hydrogen (secondary N) is 3. The number of rotatable bonds is 6. The smallest absolute Gasteiger partial charge is 0.271 e. The number of sulfonamides is 1. The van der Waals surface area contributed by atoms with E-state index in [2.05, 4.69) is 15.4 Å². The van der Waals surface area contributed by atoms with Gasteiger partial charge in [0.05, 0.1) is 6.42 Å². The zero-order valence-electron chi connectivity index (χ0n) is 14.1. The van der Waals surface area contributed by atoms with Gasteiger partial charge in [-0.05, 0) is 48.5 Å². The molecule has 2 heterocycles. The summed E-state index contributed by atoms with van der Waals surface area (Å²) in [5.41, 5.74) is 1.33. The number of hydrogen-bond donors (Lipinski definition) is 3. The van der Waals surface area contributed by atoms with Crippen LogP contribution in [0.4, 0.5) is 5.69 Å². The Morgan fingerprint density at radius 2 is 2.00 bits per heavy atom. The molecule has 6 nitrogen and oxygen atoms in total. The summed E-state index contributed by atoms with van der Waals surface area (Å²) in [4.78, 5) is 12.1. The van der Waals surface area contributed by atoms with Crippen LogP contribution in [0.3, 0.4) is 0 Å². The lowest BCUT2D eigenvalue weighted by Crippen LogP contribution is -2.46. The van der Waals surface area contributed by atoms with E-state index in [0.717, 1.165) is 31.5 Å². The molecule has 1 atom stereocenters. The average Bonchev–Trinajstić information content (AvgIpc) is 3.13. The summed E-state index contributed by atoms with van der Waals surface area (Å²) in [7, 11) is -3.54. The fraction of sp³-hybridized carbons (Fsp3) is 0.353. The van der Waals surface area contributed by atoms with Gasteiger partial charge in [0.1, 0.15) is 4.21 Å². The van der Waals surface area contributed by atoms with Gasteiger partial charge in [-0.3, -0.25) is 9.52 Å². The van der Waals surface area contributed by atoms with Crippen molar-refractivity contribution in [3.05, 3.63) is 47.3 Å². The average molecular weight is 416 g/mol. The van der Waals surface area contributed by atoms with Crippen LogP contribution in [0.2, 0.25) is 0 Å². The number of carbonyl (C=O) groups is 1. The molecule has 1 aromatic carbocycles. The second-order valence-electron chi connectivity index (χ2n) is 6.02. The number of benzene rings is 1. The zero-order valence-corrected chi connectivity index (χ0v) is 16.6. The third-order valence-electron chi connectivity index (χ3n) is 3.99. The Hall–Kier alpha value is -1.61. The van der Waals surface area contributed by atoms with Gasteiger partial charge < -0.3 is 10.6 Å². The first kappa shape index (κ1) is 20.7. The summed E-state index contributed by atoms with van der Waals surface area (Å²) >= 11 is 1.17. The van der Waals surface area contributed by atoms with Gasteiger partial charge in [0.25, 0.3) is 10.0 Å². The molecule has 142 valence electrons. The van der Waals surface area contributed by atoms with Gasteiger partial charge >= 0.3 is 0 Å². The fourth-order valence-electron chi connectivity index (χ4n) is 2.75. The largest absolute Gasteiger partial charge is 0.352 e. The topological polar surface area (TPSA) is 87.3 Å². The van der Waals surface area contributed by atoms with Crippen LogP contribution in [0.25, 0.3) is 0 Å². The van der Waals surface area contributed by atoms with E-state index < -0.39 is 10.0 Å².